The molecule has 1 atom stereocenters. The molecule has 0 saturated heterocycles. The third-order valence-corrected chi connectivity index (χ3v) is 2.60. The van der Waals surface area contributed by atoms with Crippen LogP contribution in [0.1, 0.15) is 30.3 Å². The van der Waals surface area contributed by atoms with Gasteiger partial charge in [0, 0.05) is 13.0 Å². The van der Waals surface area contributed by atoms with E-state index >= 15 is 0 Å². The van der Waals surface area contributed by atoms with E-state index < -0.39 is 0 Å². The summed E-state index contributed by atoms with van der Waals surface area (Å²) in [5.41, 5.74) is 0.502. The van der Waals surface area contributed by atoms with Gasteiger partial charge in [0.2, 0.25) is 0 Å². The second-order valence-corrected chi connectivity index (χ2v) is 3.77. The van der Waals surface area contributed by atoms with Gasteiger partial charge in [-0.05, 0) is 18.8 Å². The van der Waals surface area contributed by atoms with Crippen molar-refractivity contribution in [3.63, 3.8) is 0 Å². The van der Waals surface area contributed by atoms with Crippen molar-refractivity contribution in [3.8, 4) is 0 Å². The van der Waals surface area contributed by atoms with Crippen molar-refractivity contribution in [3.05, 3.63) is 11.9 Å². The van der Waals surface area contributed by atoms with Gasteiger partial charge in [-0.1, -0.05) is 12.1 Å². The minimum absolute atomic E-state index is 0.122. The van der Waals surface area contributed by atoms with E-state index in [2.05, 4.69) is 10.3 Å². The van der Waals surface area contributed by atoms with E-state index in [0.29, 0.717) is 11.6 Å². The summed E-state index contributed by atoms with van der Waals surface area (Å²) < 4.78 is 1.56. The first-order valence-electron chi connectivity index (χ1n) is 4.59. The maximum absolute atomic E-state index is 11.7. The molecule has 2 rings (SSSR count). The first-order chi connectivity index (χ1) is 6.18. The predicted octanol–water partition coefficient (Wildman–Crippen LogP) is 1.04. The number of nitrogens with zero attached hydrogens (tertiary/aromatic N) is 3. The molecule has 1 fully saturated rings. The van der Waals surface area contributed by atoms with Crippen LogP contribution in [0, 0.1) is 11.8 Å². The molecule has 0 aromatic carbocycles. The topological polar surface area (TPSA) is 47.8 Å². The lowest BCUT2D eigenvalue weighted by atomic mass is 9.99. The van der Waals surface area contributed by atoms with Crippen LogP contribution in [0.25, 0.3) is 0 Å². The normalized spacial score (nSPS) is 18.6. The number of aromatic nitrogens is 3. The van der Waals surface area contributed by atoms with Gasteiger partial charge in [-0.3, -0.25) is 9.48 Å². The number of carbonyl (C=O) groups is 1. The Hall–Kier alpha value is -1.19. The summed E-state index contributed by atoms with van der Waals surface area (Å²) in [5, 5.41) is 7.56. The maximum Gasteiger partial charge on any atom is 0.187 e. The van der Waals surface area contributed by atoms with Gasteiger partial charge < -0.3 is 0 Å². The van der Waals surface area contributed by atoms with Gasteiger partial charge in [-0.15, -0.1) is 5.10 Å². The van der Waals surface area contributed by atoms with Gasteiger partial charge in [0.15, 0.2) is 5.78 Å². The molecule has 0 amide bonds. The van der Waals surface area contributed by atoms with Gasteiger partial charge in [0.25, 0.3) is 0 Å². The second kappa shape index (κ2) is 2.94. The summed E-state index contributed by atoms with van der Waals surface area (Å²) >= 11 is 0. The smallest absolute Gasteiger partial charge is 0.187 e. The molecule has 1 aromatic heterocycles. The van der Waals surface area contributed by atoms with Crippen LogP contribution in [0.2, 0.25) is 0 Å². The fraction of sp³-hybridized carbons (Fsp3) is 0.667. The van der Waals surface area contributed by atoms with E-state index in [0.717, 1.165) is 0 Å². The largest absolute Gasteiger partial charge is 0.292 e. The maximum atomic E-state index is 11.7. The fourth-order valence-electron chi connectivity index (χ4n) is 1.50. The van der Waals surface area contributed by atoms with Gasteiger partial charge in [-0.2, -0.15) is 0 Å². The number of carbonyl (C=O) groups excluding carboxylic acids is 1. The monoisotopic (exact) mass is 179 g/mol. The minimum atomic E-state index is 0.122. The minimum Gasteiger partial charge on any atom is -0.292 e. The van der Waals surface area contributed by atoms with Crippen molar-refractivity contribution >= 4 is 5.78 Å². The van der Waals surface area contributed by atoms with Crippen LogP contribution in [-0.4, -0.2) is 20.8 Å². The SMILES string of the molecule is CC(C(=O)c1cn(C)nn1)C1CC1. The highest BCUT2D eigenvalue weighted by Crippen LogP contribution is 2.37. The lowest BCUT2D eigenvalue weighted by molar-refractivity contribution is 0.0911. The Morgan fingerprint density at radius 1 is 1.69 bits per heavy atom. The number of hydrogen-bond acceptors (Lipinski definition) is 3. The van der Waals surface area contributed by atoms with E-state index in [-0.39, 0.29) is 11.7 Å². The van der Waals surface area contributed by atoms with E-state index in [1.54, 1.807) is 17.9 Å². The van der Waals surface area contributed by atoms with Crippen LogP contribution in [0.3, 0.4) is 0 Å². The summed E-state index contributed by atoms with van der Waals surface area (Å²) in [4.78, 5) is 11.7. The molecule has 1 aliphatic rings. The summed E-state index contributed by atoms with van der Waals surface area (Å²) in [6.45, 7) is 1.98. The number of Topliss-reactive ketones (excluding diaryl/α,β-unsaturated/α-hetero) is 1. The van der Waals surface area contributed by atoms with E-state index in [9.17, 15) is 4.79 Å². The highest BCUT2D eigenvalue weighted by molar-refractivity contribution is 5.95. The van der Waals surface area contributed by atoms with Crippen molar-refractivity contribution < 1.29 is 4.79 Å². The Morgan fingerprint density at radius 3 is 2.85 bits per heavy atom. The van der Waals surface area contributed by atoms with Gasteiger partial charge in [-0.25, -0.2) is 0 Å². The lowest BCUT2D eigenvalue weighted by Crippen LogP contribution is -2.13. The summed E-state index contributed by atoms with van der Waals surface area (Å²) in [5.74, 6) is 0.849. The first-order valence-corrected chi connectivity index (χ1v) is 4.59. The quantitative estimate of drug-likeness (QED) is 0.651. The van der Waals surface area contributed by atoms with Crippen LogP contribution < -0.4 is 0 Å². The zero-order chi connectivity index (χ0) is 9.42. The second-order valence-electron chi connectivity index (χ2n) is 3.77. The highest BCUT2D eigenvalue weighted by atomic mass is 16.1. The molecule has 4 heteroatoms. The Kier molecular flexibility index (Phi) is 1.90. The number of ketones is 1. The molecule has 13 heavy (non-hydrogen) atoms. The third kappa shape index (κ3) is 1.61. The molecule has 0 radical (unpaired) electrons. The molecule has 70 valence electrons. The van der Waals surface area contributed by atoms with Crippen LogP contribution >= 0.6 is 0 Å². The van der Waals surface area contributed by atoms with Crippen LogP contribution in [-0.2, 0) is 7.05 Å². The summed E-state index contributed by atoms with van der Waals surface area (Å²) in [7, 11) is 1.77. The van der Waals surface area contributed by atoms with E-state index in [1.165, 1.54) is 12.8 Å². The Labute approximate surface area is 76.9 Å². The van der Waals surface area contributed by atoms with Gasteiger partial charge in [0.1, 0.15) is 5.69 Å². The van der Waals surface area contributed by atoms with Crippen molar-refractivity contribution in [2.45, 2.75) is 19.8 Å². The lowest BCUT2D eigenvalue weighted by Gasteiger charge is -2.04. The van der Waals surface area contributed by atoms with Crippen LogP contribution in [0.15, 0.2) is 6.20 Å². The molecule has 0 aliphatic heterocycles. The zero-order valence-corrected chi connectivity index (χ0v) is 7.90. The standard InChI is InChI=1S/C9H13N3O/c1-6(7-3-4-7)9(13)8-5-12(2)11-10-8/h5-7H,3-4H2,1-2H3. The highest BCUT2D eigenvalue weighted by Gasteiger charge is 2.33. The molecule has 1 saturated carbocycles. The molecular formula is C9H13N3O. The molecule has 4 nitrogen and oxygen atoms in total. The molecule has 0 bridgehead atoms. The first kappa shape index (κ1) is 8.41. The molecule has 1 aliphatic carbocycles. The summed E-state index contributed by atoms with van der Waals surface area (Å²) in [6.07, 6.45) is 4.06. The molecule has 1 unspecified atom stereocenters. The van der Waals surface area contributed by atoms with Crippen molar-refractivity contribution in [2.75, 3.05) is 0 Å². The third-order valence-electron chi connectivity index (χ3n) is 2.60. The molecule has 1 heterocycles. The predicted molar refractivity (Wildman–Crippen MR) is 47.2 cm³/mol. The van der Waals surface area contributed by atoms with Crippen molar-refractivity contribution in [1.29, 1.82) is 0 Å². The fourth-order valence-corrected chi connectivity index (χ4v) is 1.50. The molecular weight excluding hydrogens is 166 g/mol. The zero-order valence-electron chi connectivity index (χ0n) is 7.90. The number of aryl methyl sites for hydroxylation is 1. The Balaban J connectivity index is 2.11. The van der Waals surface area contributed by atoms with Crippen molar-refractivity contribution in [1.82, 2.24) is 15.0 Å². The summed E-state index contributed by atoms with van der Waals surface area (Å²) in [6, 6.07) is 0. The average molecular weight is 179 g/mol. The van der Waals surface area contributed by atoms with Crippen molar-refractivity contribution in [2.24, 2.45) is 18.9 Å². The molecule has 0 N–H and O–H groups in total. The average Bonchev–Trinajstić information content (AvgIpc) is 2.87. The molecule has 0 spiro atoms. The number of hydrogen-bond donors (Lipinski definition) is 0. The number of rotatable bonds is 3. The van der Waals surface area contributed by atoms with E-state index in [1.807, 2.05) is 6.92 Å². The molecule has 1 aromatic rings. The van der Waals surface area contributed by atoms with Crippen LogP contribution in [0.5, 0.6) is 0 Å². The Morgan fingerprint density at radius 2 is 2.38 bits per heavy atom. The van der Waals surface area contributed by atoms with Crippen LogP contribution in [0.4, 0.5) is 0 Å². The van der Waals surface area contributed by atoms with E-state index in [4.69, 9.17) is 0 Å². The van der Waals surface area contributed by atoms with Gasteiger partial charge in [0.05, 0.1) is 6.20 Å². The van der Waals surface area contributed by atoms with Gasteiger partial charge >= 0.3 is 0 Å². The Bertz CT molecular complexity index is 327.